The van der Waals surface area contributed by atoms with Crippen molar-refractivity contribution in [1.29, 1.82) is 0 Å². The third-order valence-corrected chi connectivity index (χ3v) is 3.49. The monoisotopic (exact) mass is 297 g/mol. The Hall–Kier alpha value is -1.11. The standard InChI is InChI=1S/C14H13NO3S.Na/c15-13-9-6-11(7-10-13)5-8-12-3-1-2-4-14(12)19(16,17)18;/h1-10H,15H2,(H,16,17,18);/q;+1/p-1/b8-5+;. The second-order valence-electron chi connectivity index (χ2n) is 3.99. The summed E-state index contributed by atoms with van der Waals surface area (Å²) in [5.41, 5.74) is 7.46. The van der Waals surface area contributed by atoms with Crippen LogP contribution in [-0.4, -0.2) is 13.0 Å². The van der Waals surface area contributed by atoms with Crippen LogP contribution in [0.3, 0.4) is 0 Å². The van der Waals surface area contributed by atoms with Crippen LogP contribution in [0.1, 0.15) is 11.1 Å². The van der Waals surface area contributed by atoms with E-state index in [1.165, 1.54) is 12.1 Å². The molecule has 6 heteroatoms. The fourth-order valence-corrected chi connectivity index (χ4v) is 2.31. The molecule has 0 spiro atoms. The molecule has 0 aromatic heterocycles. The molecule has 0 fully saturated rings. The number of nitrogen functional groups attached to an aromatic ring is 1. The van der Waals surface area contributed by atoms with Gasteiger partial charge in [-0.05, 0) is 29.3 Å². The molecule has 0 atom stereocenters. The summed E-state index contributed by atoms with van der Waals surface area (Å²) in [5, 5.41) is 0. The van der Waals surface area contributed by atoms with Crippen molar-refractivity contribution in [2.24, 2.45) is 0 Å². The van der Waals surface area contributed by atoms with Gasteiger partial charge in [0.05, 0.1) is 4.90 Å². The maximum atomic E-state index is 11.1. The number of nitrogens with two attached hydrogens (primary N) is 1. The number of hydrogen-bond donors (Lipinski definition) is 1. The van der Waals surface area contributed by atoms with E-state index in [2.05, 4.69) is 0 Å². The molecule has 2 N–H and O–H groups in total. The van der Waals surface area contributed by atoms with Crippen molar-refractivity contribution in [3.8, 4) is 0 Å². The zero-order valence-corrected chi connectivity index (χ0v) is 13.8. The van der Waals surface area contributed by atoms with Gasteiger partial charge >= 0.3 is 29.6 Å². The zero-order valence-electron chi connectivity index (χ0n) is 11.0. The van der Waals surface area contributed by atoms with Crippen LogP contribution in [0.5, 0.6) is 0 Å². The zero-order chi connectivity index (χ0) is 13.9. The van der Waals surface area contributed by atoms with E-state index in [0.29, 0.717) is 11.3 Å². The first-order chi connectivity index (χ1) is 8.97. The predicted molar refractivity (Wildman–Crippen MR) is 74.2 cm³/mol. The molecule has 0 saturated carbocycles. The van der Waals surface area contributed by atoms with Gasteiger partial charge in [-0.15, -0.1) is 0 Å². The first-order valence-corrected chi connectivity index (χ1v) is 6.96. The molecule has 2 rings (SSSR count). The number of anilines is 1. The Bertz CT molecular complexity index is 709. The van der Waals surface area contributed by atoms with Crippen molar-refractivity contribution in [1.82, 2.24) is 0 Å². The van der Waals surface area contributed by atoms with Crippen LogP contribution in [0.25, 0.3) is 12.2 Å². The molecule has 0 bridgehead atoms. The fourth-order valence-electron chi connectivity index (χ4n) is 1.64. The molecule has 4 nitrogen and oxygen atoms in total. The topological polar surface area (TPSA) is 83.2 Å². The Labute approximate surface area is 140 Å². The van der Waals surface area contributed by atoms with Crippen LogP contribution in [0.2, 0.25) is 0 Å². The molecular weight excluding hydrogens is 285 g/mol. The van der Waals surface area contributed by atoms with Gasteiger partial charge in [0.1, 0.15) is 10.1 Å². The molecule has 0 unspecified atom stereocenters. The van der Waals surface area contributed by atoms with Crippen LogP contribution in [0.15, 0.2) is 53.4 Å². The Kier molecular flexibility index (Phi) is 5.98. The molecule has 0 radical (unpaired) electrons. The minimum Gasteiger partial charge on any atom is -0.744 e. The van der Waals surface area contributed by atoms with Gasteiger partial charge in [-0.2, -0.15) is 0 Å². The largest absolute Gasteiger partial charge is 1.00 e. The van der Waals surface area contributed by atoms with E-state index in [1.807, 2.05) is 0 Å². The Morgan fingerprint density at radius 2 is 1.55 bits per heavy atom. The van der Waals surface area contributed by atoms with Gasteiger partial charge in [-0.3, -0.25) is 0 Å². The van der Waals surface area contributed by atoms with Gasteiger partial charge in [0, 0.05) is 5.69 Å². The third kappa shape index (κ3) is 4.47. The normalized spacial score (nSPS) is 11.2. The second kappa shape index (κ2) is 7.06. The van der Waals surface area contributed by atoms with Gasteiger partial charge < -0.3 is 10.3 Å². The van der Waals surface area contributed by atoms with Gasteiger partial charge in [0.25, 0.3) is 0 Å². The molecule has 0 aliphatic carbocycles. The molecule has 2 aromatic rings. The molecule has 0 saturated heterocycles. The third-order valence-electron chi connectivity index (χ3n) is 2.58. The van der Waals surface area contributed by atoms with Crippen molar-refractivity contribution >= 4 is 28.0 Å². The van der Waals surface area contributed by atoms with Gasteiger partial charge in [0.15, 0.2) is 0 Å². The SMILES string of the molecule is Nc1ccc(/C=C/c2ccccc2S(=O)(=O)[O-])cc1.[Na+]. The molecule has 2 aromatic carbocycles. The average molecular weight is 297 g/mol. The molecule has 20 heavy (non-hydrogen) atoms. The number of benzene rings is 2. The summed E-state index contributed by atoms with van der Waals surface area (Å²) in [6.07, 6.45) is 3.32. The molecular formula is C14H12NNaO3S. The molecule has 98 valence electrons. The minimum absolute atomic E-state index is 0. The summed E-state index contributed by atoms with van der Waals surface area (Å²) in [6.45, 7) is 0. The van der Waals surface area contributed by atoms with E-state index in [4.69, 9.17) is 5.73 Å². The first-order valence-electron chi connectivity index (χ1n) is 5.55. The quantitative estimate of drug-likeness (QED) is 0.353. The Balaban J connectivity index is 0.00000200. The van der Waals surface area contributed by atoms with Crippen LogP contribution >= 0.6 is 0 Å². The van der Waals surface area contributed by atoms with E-state index >= 15 is 0 Å². The van der Waals surface area contributed by atoms with Crippen molar-refractivity contribution in [2.45, 2.75) is 4.90 Å². The van der Waals surface area contributed by atoms with Crippen molar-refractivity contribution in [2.75, 3.05) is 5.73 Å². The summed E-state index contributed by atoms with van der Waals surface area (Å²) >= 11 is 0. The van der Waals surface area contributed by atoms with E-state index in [0.717, 1.165) is 5.56 Å². The van der Waals surface area contributed by atoms with Crippen LogP contribution in [0, 0.1) is 0 Å². The minimum atomic E-state index is -4.47. The summed E-state index contributed by atoms with van der Waals surface area (Å²) in [6, 6.07) is 13.2. The van der Waals surface area contributed by atoms with Crippen LogP contribution in [0.4, 0.5) is 5.69 Å². The number of hydrogen-bond acceptors (Lipinski definition) is 4. The maximum absolute atomic E-state index is 11.1. The van der Waals surface area contributed by atoms with Gasteiger partial charge in [0.2, 0.25) is 0 Å². The summed E-state index contributed by atoms with van der Waals surface area (Å²) in [7, 11) is -4.47. The van der Waals surface area contributed by atoms with Crippen molar-refractivity contribution in [3.63, 3.8) is 0 Å². The second-order valence-corrected chi connectivity index (χ2v) is 5.34. The predicted octanol–water partition coefficient (Wildman–Crippen LogP) is -0.653. The maximum Gasteiger partial charge on any atom is 1.00 e. The average Bonchev–Trinajstić information content (AvgIpc) is 2.37. The summed E-state index contributed by atoms with van der Waals surface area (Å²) in [4.78, 5) is -0.221. The van der Waals surface area contributed by atoms with Crippen LogP contribution < -0.4 is 35.3 Å². The Morgan fingerprint density at radius 1 is 0.950 bits per heavy atom. The van der Waals surface area contributed by atoms with Crippen molar-refractivity contribution in [3.05, 3.63) is 59.7 Å². The summed E-state index contributed by atoms with van der Waals surface area (Å²) in [5.74, 6) is 0. The van der Waals surface area contributed by atoms with E-state index in [9.17, 15) is 13.0 Å². The van der Waals surface area contributed by atoms with Gasteiger partial charge in [-0.1, -0.05) is 42.5 Å². The van der Waals surface area contributed by atoms with E-state index in [1.54, 1.807) is 48.6 Å². The fraction of sp³-hybridized carbons (Fsp3) is 0. The molecule has 0 amide bonds. The van der Waals surface area contributed by atoms with Crippen molar-refractivity contribution < 1.29 is 42.5 Å². The van der Waals surface area contributed by atoms with E-state index in [-0.39, 0.29) is 34.5 Å². The van der Waals surface area contributed by atoms with Crippen LogP contribution in [-0.2, 0) is 10.1 Å². The van der Waals surface area contributed by atoms with E-state index < -0.39 is 10.1 Å². The smallest absolute Gasteiger partial charge is 0.744 e. The first kappa shape index (κ1) is 16.9. The number of rotatable bonds is 3. The summed E-state index contributed by atoms with van der Waals surface area (Å²) < 4.78 is 33.3. The molecule has 0 heterocycles. The molecule has 0 aliphatic heterocycles. The van der Waals surface area contributed by atoms with Gasteiger partial charge in [-0.25, -0.2) is 8.42 Å². The Morgan fingerprint density at radius 3 is 2.15 bits per heavy atom. The molecule has 0 aliphatic rings.